The van der Waals surface area contributed by atoms with Gasteiger partial charge in [0, 0.05) is 18.8 Å². The van der Waals surface area contributed by atoms with Gasteiger partial charge in [0.15, 0.2) is 5.82 Å². The number of hydrogen-bond donors (Lipinski definition) is 0. The molecule has 0 aliphatic carbocycles. The molecule has 1 aromatic heterocycles. The van der Waals surface area contributed by atoms with E-state index in [2.05, 4.69) is 23.4 Å². The average Bonchev–Trinajstić information content (AvgIpc) is 2.76. The zero-order chi connectivity index (χ0) is 13.8. The Balaban J connectivity index is 2.48. The molecule has 0 radical (unpaired) electrons. The third-order valence-electron chi connectivity index (χ3n) is 3.72. The normalized spacial score (nSPS) is 11.6. The van der Waals surface area contributed by atoms with Crippen LogP contribution in [0, 0.1) is 11.7 Å². The summed E-state index contributed by atoms with van der Waals surface area (Å²) in [5.41, 5.74) is 1.35. The van der Waals surface area contributed by atoms with Gasteiger partial charge in [-0.25, -0.2) is 9.37 Å². The fourth-order valence-corrected chi connectivity index (χ4v) is 2.61. The van der Waals surface area contributed by atoms with Gasteiger partial charge in [0.05, 0.1) is 5.52 Å². The van der Waals surface area contributed by atoms with Gasteiger partial charge in [0.1, 0.15) is 11.3 Å². The Hall–Kier alpha value is -1.09. The average molecular weight is 283 g/mol. The molecule has 0 spiro atoms. The van der Waals surface area contributed by atoms with Gasteiger partial charge in [-0.2, -0.15) is 0 Å². The highest BCUT2D eigenvalue weighted by Gasteiger charge is 2.15. The highest BCUT2D eigenvalue weighted by Crippen LogP contribution is 2.22. The molecule has 4 heteroatoms. The lowest BCUT2D eigenvalue weighted by Gasteiger charge is -2.16. The summed E-state index contributed by atoms with van der Waals surface area (Å²) in [6.07, 6.45) is 2.91. The first-order chi connectivity index (χ1) is 9.21. The van der Waals surface area contributed by atoms with Gasteiger partial charge >= 0.3 is 0 Å². The first-order valence-electron chi connectivity index (χ1n) is 6.90. The van der Waals surface area contributed by atoms with E-state index in [0.29, 0.717) is 23.7 Å². The van der Waals surface area contributed by atoms with Crippen molar-refractivity contribution in [3.05, 3.63) is 29.8 Å². The molecule has 0 saturated heterocycles. The number of aromatic nitrogens is 2. The van der Waals surface area contributed by atoms with Gasteiger partial charge in [-0.1, -0.05) is 32.8 Å². The topological polar surface area (TPSA) is 17.8 Å². The molecule has 1 aromatic carbocycles. The molecule has 0 fully saturated rings. The van der Waals surface area contributed by atoms with Crippen molar-refractivity contribution in [2.24, 2.45) is 5.92 Å². The highest BCUT2D eigenvalue weighted by molar-refractivity contribution is 6.17. The summed E-state index contributed by atoms with van der Waals surface area (Å²) in [6, 6.07) is 5.14. The van der Waals surface area contributed by atoms with Crippen molar-refractivity contribution in [3.8, 4) is 0 Å². The second-order valence-electron chi connectivity index (χ2n) is 4.87. The van der Waals surface area contributed by atoms with Crippen LogP contribution in [-0.4, -0.2) is 15.4 Å². The van der Waals surface area contributed by atoms with Crippen LogP contribution in [0.2, 0.25) is 0 Å². The van der Waals surface area contributed by atoms with E-state index < -0.39 is 0 Å². The number of aryl methyl sites for hydroxylation is 1. The van der Waals surface area contributed by atoms with Crippen LogP contribution in [-0.2, 0) is 13.0 Å². The molecule has 104 valence electrons. The summed E-state index contributed by atoms with van der Waals surface area (Å²) in [5, 5.41) is 0. The van der Waals surface area contributed by atoms with Crippen LogP contribution in [0.1, 0.15) is 32.5 Å². The Morgan fingerprint density at radius 1 is 1.32 bits per heavy atom. The molecule has 2 aromatic rings. The third-order valence-corrected chi connectivity index (χ3v) is 3.91. The van der Waals surface area contributed by atoms with E-state index in [1.165, 1.54) is 6.07 Å². The molecule has 0 bridgehead atoms. The van der Waals surface area contributed by atoms with E-state index in [4.69, 9.17) is 11.6 Å². The number of hydrogen-bond acceptors (Lipinski definition) is 1. The second kappa shape index (κ2) is 6.38. The van der Waals surface area contributed by atoms with Gasteiger partial charge in [0.2, 0.25) is 0 Å². The maximum absolute atomic E-state index is 13.8. The van der Waals surface area contributed by atoms with E-state index >= 15 is 0 Å². The molecule has 0 aliphatic heterocycles. The number of para-hydroxylation sites is 1. The Kier molecular flexibility index (Phi) is 4.81. The molecule has 1 heterocycles. The third kappa shape index (κ3) is 2.92. The van der Waals surface area contributed by atoms with E-state index in [1.807, 2.05) is 6.07 Å². The van der Waals surface area contributed by atoms with Gasteiger partial charge in [-0.3, -0.25) is 0 Å². The molecule has 0 atom stereocenters. The zero-order valence-electron chi connectivity index (χ0n) is 11.5. The molecule has 0 unspecified atom stereocenters. The summed E-state index contributed by atoms with van der Waals surface area (Å²) >= 11 is 5.83. The molecule has 2 nitrogen and oxygen atoms in total. The van der Waals surface area contributed by atoms with E-state index in [-0.39, 0.29) is 5.82 Å². The zero-order valence-corrected chi connectivity index (χ0v) is 12.3. The summed E-state index contributed by atoms with van der Waals surface area (Å²) in [6.45, 7) is 5.27. The summed E-state index contributed by atoms with van der Waals surface area (Å²) < 4.78 is 15.9. The van der Waals surface area contributed by atoms with Gasteiger partial charge in [0.25, 0.3) is 0 Å². The number of imidazole rings is 1. The number of nitrogens with zero attached hydrogens (tertiary/aromatic N) is 2. The number of halogens is 2. The minimum Gasteiger partial charge on any atom is -0.328 e. The van der Waals surface area contributed by atoms with Gasteiger partial charge in [-0.05, 0) is 18.1 Å². The number of fused-ring (bicyclic) bond motifs is 1. The second-order valence-corrected chi connectivity index (χ2v) is 5.25. The summed E-state index contributed by atoms with van der Waals surface area (Å²) in [7, 11) is 0. The molecule has 0 aliphatic rings. The lowest BCUT2D eigenvalue weighted by atomic mass is 10.0. The lowest BCUT2D eigenvalue weighted by Crippen LogP contribution is -2.12. The largest absolute Gasteiger partial charge is 0.328 e. The SMILES string of the molecule is CCC(CC)Cn1c(CCCl)nc2c(F)cccc21. The molecule has 0 amide bonds. The number of rotatable bonds is 6. The molecule has 0 N–H and O–H groups in total. The summed E-state index contributed by atoms with van der Waals surface area (Å²) in [4.78, 5) is 4.43. The Bertz CT molecular complexity index is 546. The van der Waals surface area contributed by atoms with Crippen molar-refractivity contribution in [3.63, 3.8) is 0 Å². The molecular weight excluding hydrogens is 263 g/mol. The maximum atomic E-state index is 13.8. The van der Waals surface area contributed by atoms with Crippen LogP contribution >= 0.6 is 11.6 Å². The minimum absolute atomic E-state index is 0.253. The van der Waals surface area contributed by atoms with Crippen molar-refractivity contribution in [1.29, 1.82) is 0 Å². The van der Waals surface area contributed by atoms with Crippen LogP contribution < -0.4 is 0 Å². The number of alkyl halides is 1. The highest BCUT2D eigenvalue weighted by atomic mass is 35.5. The van der Waals surface area contributed by atoms with Crippen LogP contribution in [0.15, 0.2) is 18.2 Å². The predicted molar refractivity (Wildman–Crippen MR) is 78.2 cm³/mol. The summed E-state index contributed by atoms with van der Waals surface area (Å²) in [5.74, 6) is 1.74. The lowest BCUT2D eigenvalue weighted by molar-refractivity contribution is 0.417. The van der Waals surface area contributed by atoms with Crippen molar-refractivity contribution < 1.29 is 4.39 Å². The first kappa shape index (κ1) is 14.3. The smallest absolute Gasteiger partial charge is 0.151 e. The van der Waals surface area contributed by atoms with Crippen molar-refractivity contribution in [1.82, 2.24) is 9.55 Å². The van der Waals surface area contributed by atoms with Gasteiger partial charge < -0.3 is 4.57 Å². The monoisotopic (exact) mass is 282 g/mol. The van der Waals surface area contributed by atoms with Crippen molar-refractivity contribution >= 4 is 22.6 Å². The van der Waals surface area contributed by atoms with E-state index in [1.54, 1.807) is 6.07 Å². The van der Waals surface area contributed by atoms with Crippen LogP contribution in [0.4, 0.5) is 4.39 Å². The van der Waals surface area contributed by atoms with Crippen molar-refractivity contribution in [2.45, 2.75) is 39.7 Å². The molecule has 19 heavy (non-hydrogen) atoms. The van der Waals surface area contributed by atoms with Gasteiger partial charge in [-0.15, -0.1) is 11.6 Å². The van der Waals surface area contributed by atoms with E-state index in [0.717, 1.165) is 30.7 Å². The van der Waals surface area contributed by atoms with Crippen molar-refractivity contribution in [2.75, 3.05) is 5.88 Å². The Morgan fingerprint density at radius 2 is 2.05 bits per heavy atom. The van der Waals surface area contributed by atoms with E-state index in [9.17, 15) is 4.39 Å². The Labute approximate surface area is 118 Å². The molecule has 2 rings (SSSR count). The standard InChI is InChI=1S/C15H20ClFN2/c1-3-11(4-2)10-19-13-7-5-6-12(17)15(13)18-14(19)8-9-16/h5-7,11H,3-4,8-10H2,1-2H3. The van der Waals surface area contributed by atoms with Crippen LogP contribution in [0.25, 0.3) is 11.0 Å². The van der Waals surface area contributed by atoms with Crippen LogP contribution in [0.3, 0.4) is 0 Å². The molecular formula is C15H20ClFN2. The quantitative estimate of drug-likeness (QED) is 0.719. The molecule has 0 saturated carbocycles. The fourth-order valence-electron chi connectivity index (χ4n) is 2.45. The van der Waals surface area contributed by atoms with Crippen LogP contribution in [0.5, 0.6) is 0 Å². The minimum atomic E-state index is -0.253. The maximum Gasteiger partial charge on any atom is 0.151 e. The first-order valence-corrected chi connectivity index (χ1v) is 7.44. The Morgan fingerprint density at radius 3 is 2.68 bits per heavy atom. The number of benzene rings is 1. The fraction of sp³-hybridized carbons (Fsp3) is 0.533. The predicted octanol–water partition coefficient (Wildman–Crippen LogP) is 4.39.